The number of aromatic nitrogens is 2. The molecule has 174 valence electrons. The van der Waals surface area contributed by atoms with Crippen LogP contribution in [0.2, 0.25) is 5.02 Å². The van der Waals surface area contributed by atoms with E-state index in [1.807, 2.05) is 36.4 Å². The number of rotatable bonds is 10. The smallest absolute Gasteiger partial charge is 0.152 e. The van der Waals surface area contributed by atoms with Gasteiger partial charge in [0.05, 0.1) is 11.2 Å². The van der Waals surface area contributed by atoms with E-state index >= 15 is 0 Å². The van der Waals surface area contributed by atoms with Gasteiger partial charge in [0, 0.05) is 16.5 Å². The summed E-state index contributed by atoms with van der Waals surface area (Å²) in [6.07, 6.45) is 9.23. The molecule has 4 nitrogen and oxygen atoms in total. The Labute approximate surface area is 206 Å². The molecule has 0 aliphatic carbocycles. The SMILES string of the molecule is NCCCCCCC(N)c1nc(C=Cc2ccc(-c3ccccc3)cc2)nc2cc(Cl)ccc12. The average molecular weight is 471 g/mol. The van der Waals surface area contributed by atoms with Gasteiger partial charge in [0.1, 0.15) is 0 Å². The Balaban J connectivity index is 1.55. The molecule has 0 fully saturated rings. The van der Waals surface area contributed by atoms with Gasteiger partial charge in [-0.25, -0.2) is 9.97 Å². The van der Waals surface area contributed by atoms with E-state index in [2.05, 4.69) is 48.5 Å². The maximum Gasteiger partial charge on any atom is 0.152 e. The van der Waals surface area contributed by atoms with Crippen LogP contribution in [-0.4, -0.2) is 16.5 Å². The first-order valence-corrected chi connectivity index (χ1v) is 12.3. The van der Waals surface area contributed by atoms with Crippen LogP contribution in [-0.2, 0) is 0 Å². The largest absolute Gasteiger partial charge is 0.330 e. The van der Waals surface area contributed by atoms with Crippen molar-refractivity contribution < 1.29 is 0 Å². The molecule has 5 heteroatoms. The summed E-state index contributed by atoms with van der Waals surface area (Å²) in [4.78, 5) is 9.57. The number of benzene rings is 3. The van der Waals surface area contributed by atoms with Gasteiger partial charge in [0.25, 0.3) is 0 Å². The first kappa shape index (κ1) is 24.1. The average Bonchev–Trinajstić information content (AvgIpc) is 2.87. The van der Waals surface area contributed by atoms with Crippen LogP contribution >= 0.6 is 11.6 Å². The van der Waals surface area contributed by atoms with E-state index in [9.17, 15) is 0 Å². The lowest BCUT2D eigenvalue weighted by Gasteiger charge is -2.14. The summed E-state index contributed by atoms with van der Waals surface area (Å²) < 4.78 is 0. The van der Waals surface area contributed by atoms with Crippen LogP contribution in [0.15, 0.2) is 72.8 Å². The molecule has 0 saturated carbocycles. The molecular formula is C29H31ClN4. The van der Waals surface area contributed by atoms with Crippen molar-refractivity contribution in [1.82, 2.24) is 9.97 Å². The Kier molecular flexibility index (Phi) is 8.42. The van der Waals surface area contributed by atoms with Gasteiger partial charge in [0.2, 0.25) is 0 Å². The third-order valence-corrected chi connectivity index (χ3v) is 6.20. The van der Waals surface area contributed by atoms with Crippen molar-refractivity contribution in [3.63, 3.8) is 0 Å². The third kappa shape index (κ3) is 6.29. The summed E-state index contributed by atoms with van der Waals surface area (Å²) in [5.74, 6) is 0.635. The van der Waals surface area contributed by atoms with Gasteiger partial charge in [-0.05, 0) is 60.4 Å². The van der Waals surface area contributed by atoms with Crippen molar-refractivity contribution in [2.24, 2.45) is 11.5 Å². The molecule has 4 rings (SSSR count). The molecule has 4 aromatic rings. The van der Waals surface area contributed by atoms with E-state index in [4.69, 9.17) is 33.0 Å². The standard InChI is InChI=1S/C29H31ClN4/c30-24-16-17-25-27(20-24)33-28(34-29(25)26(32)10-6-1-2-7-19-31)18-13-21-11-14-23(15-12-21)22-8-4-3-5-9-22/h3-5,8-9,11-18,20,26H,1-2,6-7,10,19,31-32H2. The highest BCUT2D eigenvalue weighted by molar-refractivity contribution is 6.31. The molecule has 0 spiro atoms. The molecule has 1 heterocycles. The molecular weight excluding hydrogens is 440 g/mol. The molecule has 34 heavy (non-hydrogen) atoms. The minimum Gasteiger partial charge on any atom is -0.330 e. The van der Waals surface area contributed by atoms with Gasteiger partial charge >= 0.3 is 0 Å². The highest BCUT2D eigenvalue weighted by Gasteiger charge is 2.14. The predicted molar refractivity (Wildman–Crippen MR) is 144 cm³/mol. The van der Waals surface area contributed by atoms with Crippen molar-refractivity contribution >= 4 is 34.7 Å². The minimum absolute atomic E-state index is 0.151. The second-order valence-corrected chi connectivity index (χ2v) is 8.98. The topological polar surface area (TPSA) is 77.8 Å². The molecule has 0 amide bonds. The molecule has 3 aromatic carbocycles. The molecule has 0 bridgehead atoms. The van der Waals surface area contributed by atoms with Gasteiger partial charge in [0.15, 0.2) is 5.82 Å². The predicted octanol–water partition coefficient (Wildman–Crippen LogP) is 7.03. The Morgan fingerprint density at radius 2 is 1.53 bits per heavy atom. The highest BCUT2D eigenvalue weighted by Crippen LogP contribution is 2.27. The Morgan fingerprint density at radius 3 is 2.29 bits per heavy atom. The normalized spacial score (nSPS) is 12.4. The van der Waals surface area contributed by atoms with Gasteiger partial charge in [-0.1, -0.05) is 91.5 Å². The fraction of sp³-hybridized carbons (Fsp3) is 0.241. The molecule has 0 aliphatic heterocycles. The van der Waals surface area contributed by atoms with Crippen molar-refractivity contribution in [3.8, 4) is 11.1 Å². The number of unbranched alkanes of at least 4 members (excludes halogenated alkanes) is 3. The van der Waals surface area contributed by atoms with E-state index < -0.39 is 0 Å². The van der Waals surface area contributed by atoms with Crippen LogP contribution < -0.4 is 11.5 Å². The maximum atomic E-state index is 6.59. The van der Waals surface area contributed by atoms with Crippen molar-refractivity contribution in [1.29, 1.82) is 0 Å². The van der Waals surface area contributed by atoms with Crippen LogP contribution in [0.4, 0.5) is 0 Å². The quantitative estimate of drug-likeness (QED) is 0.244. The van der Waals surface area contributed by atoms with Gasteiger partial charge in [-0.3, -0.25) is 0 Å². The Bertz CT molecular complexity index is 1240. The van der Waals surface area contributed by atoms with Crippen molar-refractivity contribution in [3.05, 3.63) is 94.9 Å². The van der Waals surface area contributed by atoms with Crippen LogP contribution in [0.3, 0.4) is 0 Å². The second-order valence-electron chi connectivity index (χ2n) is 8.55. The molecule has 0 aliphatic rings. The summed E-state index contributed by atoms with van der Waals surface area (Å²) in [6, 6.07) is 24.4. The summed E-state index contributed by atoms with van der Waals surface area (Å²) in [5, 5.41) is 1.61. The van der Waals surface area contributed by atoms with Gasteiger partial charge < -0.3 is 11.5 Å². The van der Waals surface area contributed by atoms with E-state index in [0.29, 0.717) is 10.8 Å². The minimum atomic E-state index is -0.151. The summed E-state index contributed by atoms with van der Waals surface area (Å²) in [6.45, 7) is 0.744. The molecule has 1 unspecified atom stereocenters. The van der Waals surface area contributed by atoms with E-state index in [-0.39, 0.29) is 6.04 Å². The lowest BCUT2D eigenvalue weighted by Crippen LogP contribution is -2.14. The van der Waals surface area contributed by atoms with E-state index in [1.165, 1.54) is 11.1 Å². The number of hydrogen-bond donors (Lipinski definition) is 2. The fourth-order valence-electron chi connectivity index (χ4n) is 4.09. The van der Waals surface area contributed by atoms with Crippen LogP contribution in [0.5, 0.6) is 0 Å². The van der Waals surface area contributed by atoms with E-state index in [1.54, 1.807) is 0 Å². The summed E-state index contributed by atoms with van der Waals surface area (Å²) in [7, 11) is 0. The molecule has 4 N–H and O–H groups in total. The van der Waals surface area contributed by atoms with Crippen LogP contribution in [0, 0.1) is 0 Å². The highest BCUT2D eigenvalue weighted by atomic mass is 35.5. The number of nitrogens with two attached hydrogens (primary N) is 2. The Hall–Kier alpha value is -3.05. The molecule has 0 radical (unpaired) electrons. The maximum absolute atomic E-state index is 6.59. The monoisotopic (exact) mass is 470 g/mol. The van der Waals surface area contributed by atoms with Crippen LogP contribution in [0.25, 0.3) is 34.2 Å². The zero-order valence-corrected chi connectivity index (χ0v) is 20.1. The lowest BCUT2D eigenvalue weighted by atomic mass is 10.0. The summed E-state index contributed by atoms with van der Waals surface area (Å²) >= 11 is 6.25. The zero-order chi connectivity index (χ0) is 23.8. The van der Waals surface area contributed by atoms with Gasteiger partial charge in [-0.15, -0.1) is 0 Å². The molecule has 0 saturated heterocycles. The molecule has 1 atom stereocenters. The van der Waals surface area contributed by atoms with Crippen LogP contribution in [0.1, 0.15) is 55.2 Å². The molecule has 1 aromatic heterocycles. The third-order valence-electron chi connectivity index (χ3n) is 5.97. The summed E-state index contributed by atoms with van der Waals surface area (Å²) in [5.41, 5.74) is 17.4. The number of nitrogens with zero attached hydrogens (tertiary/aromatic N) is 2. The van der Waals surface area contributed by atoms with E-state index in [0.717, 1.165) is 60.8 Å². The fourth-order valence-corrected chi connectivity index (χ4v) is 4.26. The Morgan fingerprint density at radius 1 is 0.794 bits per heavy atom. The zero-order valence-electron chi connectivity index (χ0n) is 19.3. The van der Waals surface area contributed by atoms with Crippen molar-refractivity contribution in [2.45, 2.75) is 38.1 Å². The van der Waals surface area contributed by atoms with Crippen molar-refractivity contribution in [2.75, 3.05) is 6.54 Å². The number of halogens is 1. The first-order chi connectivity index (χ1) is 16.6. The lowest BCUT2D eigenvalue weighted by molar-refractivity contribution is 0.554. The number of fused-ring (bicyclic) bond motifs is 1. The number of hydrogen-bond acceptors (Lipinski definition) is 4. The second kappa shape index (κ2) is 11.9. The van der Waals surface area contributed by atoms with Gasteiger partial charge in [-0.2, -0.15) is 0 Å². The first-order valence-electron chi connectivity index (χ1n) is 11.9.